The molecule has 0 spiro atoms. The summed E-state index contributed by atoms with van der Waals surface area (Å²) in [6.45, 7) is 4.52. The van der Waals surface area contributed by atoms with Crippen molar-refractivity contribution in [1.29, 1.82) is 0 Å². The molecule has 1 aromatic carbocycles. The first-order chi connectivity index (χ1) is 11.4. The van der Waals surface area contributed by atoms with E-state index in [2.05, 4.69) is 15.6 Å². The molecule has 0 radical (unpaired) electrons. The molecule has 2 amide bonds. The number of aromatic nitrogens is 1. The largest absolute Gasteiger partial charge is 0.350 e. The Bertz CT molecular complexity index is 763. The number of anilines is 1. The third-order valence-corrected chi connectivity index (χ3v) is 3.90. The Morgan fingerprint density at radius 1 is 1.04 bits per heavy atom. The third-order valence-electron chi connectivity index (χ3n) is 3.09. The zero-order valence-electron chi connectivity index (χ0n) is 13.3. The van der Waals surface area contributed by atoms with Crippen molar-refractivity contribution < 1.29 is 9.59 Å². The molecule has 0 aliphatic rings. The zero-order chi connectivity index (χ0) is 17.7. The van der Waals surface area contributed by atoms with Gasteiger partial charge in [-0.05, 0) is 30.2 Å². The standard InChI is InChI=1S/C17H17Cl2N3O2/c1-10(2)9-20-16(23)13-7-4-8-14(21-13)17(24)22-12-6-3-5-11(18)15(12)19/h3-8,10H,9H2,1-2H3,(H,20,23)(H,22,24). The Morgan fingerprint density at radius 3 is 2.33 bits per heavy atom. The van der Waals surface area contributed by atoms with Crippen LogP contribution in [0, 0.1) is 5.92 Å². The van der Waals surface area contributed by atoms with Crippen molar-refractivity contribution in [3.8, 4) is 0 Å². The van der Waals surface area contributed by atoms with Crippen LogP contribution in [-0.4, -0.2) is 23.3 Å². The summed E-state index contributed by atoms with van der Waals surface area (Å²) in [7, 11) is 0. The average molecular weight is 366 g/mol. The van der Waals surface area contributed by atoms with Gasteiger partial charge >= 0.3 is 0 Å². The van der Waals surface area contributed by atoms with Crippen molar-refractivity contribution in [1.82, 2.24) is 10.3 Å². The summed E-state index contributed by atoms with van der Waals surface area (Å²) in [6.07, 6.45) is 0. The van der Waals surface area contributed by atoms with E-state index in [9.17, 15) is 9.59 Å². The van der Waals surface area contributed by atoms with Gasteiger partial charge in [0, 0.05) is 6.54 Å². The molecule has 2 aromatic rings. The maximum atomic E-state index is 12.3. The number of carbonyl (C=O) groups is 2. The van der Waals surface area contributed by atoms with Gasteiger partial charge in [0.1, 0.15) is 11.4 Å². The van der Waals surface area contributed by atoms with E-state index in [4.69, 9.17) is 23.2 Å². The number of rotatable bonds is 5. The van der Waals surface area contributed by atoms with Crippen molar-refractivity contribution in [2.75, 3.05) is 11.9 Å². The number of halogens is 2. The van der Waals surface area contributed by atoms with Crippen LogP contribution in [0.15, 0.2) is 36.4 Å². The molecule has 7 heteroatoms. The summed E-state index contributed by atoms with van der Waals surface area (Å²) in [5, 5.41) is 5.98. The van der Waals surface area contributed by atoms with Crippen molar-refractivity contribution in [2.45, 2.75) is 13.8 Å². The molecule has 0 saturated heterocycles. The molecule has 5 nitrogen and oxygen atoms in total. The molecule has 24 heavy (non-hydrogen) atoms. The van der Waals surface area contributed by atoms with Gasteiger partial charge in [0.2, 0.25) is 0 Å². The first-order valence-corrected chi connectivity index (χ1v) is 8.14. The van der Waals surface area contributed by atoms with Crippen LogP contribution >= 0.6 is 23.2 Å². The van der Waals surface area contributed by atoms with E-state index in [1.165, 1.54) is 6.07 Å². The van der Waals surface area contributed by atoms with E-state index < -0.39 is 5.91 Å². The minimum absolute atomic E-state index is 0.114. The topological polar surface area (TPSA) is 71.1 Å². The molecule has 1 aromatic heterocycles. The Labute approximate surface area is 150 Å². The Balaban J connectivity index is 2.14. The summed E-state index contributed by atoms with van der Waals surface area (Å²) in [5.74, 6) is -0.470. The molecule has 0 fully saturated rings. The fourth-order valence-corrected chi connectivity index (χ4v) is 2.21. The van der Waals surface area contributed by atoms with Crippen LogP contribution in [0.5, 0.6) is 0 Å². The number of benzene rings is 1. The number of pyridine rings is 1. The quantitative estimate of drug-likeness (QED) is 0.840. The Hall–Kier alpha value is -2.11. The zero-order valence-corrected chi connectivity index (χ0v) is 14.8. The predicted octanol–water partition coefficient (Wildman–Crippen LogP) is 4.03. The molecule has 0 unspecified atom stereocenters. The molecule has 0 aliphatic carbocycles. The van der Waals surface area contributed by atoms with E-state index in [-0.39, 0.29) is 22.3 Å². The monoisotopic (exact) mass is 365 g/mol. The van der Waals surface area contributed by atoms with Gasteiger partial charge in [0.25, 0.3) is 11.8 Å². The highest BCUT2D eigenvalue weighted by Crippen LogP contribution is 2.29. The van der Waals surface area contributed by atoms with Gasteiger partial charge in [0.05, 0.1) is 15.7 Å². The molecule has 2 N–H and O–H groups in total. The van der Waals surface area contributed by atoms with Crippen molar-refractivity contribution in [2.24, 2.45) is 5.92 Å². The lowest BCUT2D eigenvalue weighted by molar-refractivity contribution is 0.0944. The minimum Gasteiger partial charge on any atom is -0.350 e. The number of nitrogens with one attached hydrogen (secondary N) is 2. The highest BCUT2D eigenvalue weighted by Gasteiger charge is 2.14. The van der Waals surface area contributed by atoms with Gasteiger partial charge in [-0.3, -0.25) is 9.59 Å². The van der Waals surface area contributed by atoms with Crippen molar-refractivity contribution in [3.63, 3.8) is 0 Å². The van der Waals surface area contributed by atoms with Gasteiger partial charge in [-0.25, -0.2) is 4.98 Å². The summed E-state index contributed by atoms with van der Waals surface area (Å²) < 4.78 is 0. The van der Waals surface area contributed by atoms with Crippen molar-refractivity contribution >= 4 is 40.7 Å². The molecule has 126 valence electrons. The molecule has 1 heterocycles. The van der Waals surface area contributed by atoms with Crippen LogP contribution in [0.2, 0.25) is 10.0 Å². The lowest BCUT2D eigenvalue weighted by Gasteiger charge is -2.09. The molecule has 0 atom stereocenters. The first-order valence-electron chi connectivity index (χ1n) is 7.39. The van der Waals surface area contributed by atoms with E-state index in [0.29, 0.717) is 23.2 Å². The lowest BCUT2D eigenvalue weighted by atomic mass is 10.2. The third kappa shape index (κ3) is 4.69. The van der Waals surface area contributed by atoms with Crippen LogP contribution in [0.3, 0.4) is 0 Å². The fraction of sp³-hybridized carbons (Fsp3) is 0.235. The maximum absolute atomic E-state index is 12.3. The van der Waals surface area contributed by atoms with Gasteiger partial charge in [-0.15, -0.1) is 0 Å². The second-order valence-corrected chi connectivity index (χ2v) is 6.35. The molecule has 0 bridgehead atoms. The number of amides is 2. The van der Waals surface area contributed by atoms with Gasteiger partial charge in [-0.2, -0.15) is 0 Å². The van der Waals surface area contributed by atoms with Gasteiger partial charge in [-0.1, -0.05) is 49.2 Å². The summed E-state index contributed by atoms with van der Waals surface area (Å²) in [4.78, 5) is 28.4. The highest BCUT2D eigenvalue weighted by atomic mass is 35.5. The van der Waals surface area contributed by atoms with E-state index in [0.717, 1.165) is 0 Å². The second-order valence-electron chi connectivity index (χ2n) is 5.57. The van der Waals surface area contributed by atoms with Crippen LogP contribution in [0.25, 0.3) is 0 Å². The van der Waals surface area contributed by atoms with Crippen molar-refractivity contribution in [3.05, 3.63) is 57.8 Å². The van der Waals surface area contributed by atoms with Gasteiger partial charge in [0.15, 0.2) is 0 Å². The molecular weight excluding hydrogens is 349 g/mol. The number of carbonyl (C=O) groups excluding carboxylic acids is 2. The Kier molecular flexibility index (Phi) is 6.17. The van der Waals surface area contributed by atoms with E-state index in [1.54, 1.807) is 30.3 Å². The van der Waals surface area contributed by atoms with Gasteiger partial charge < -0.3 is 10.6 Å². The molecule has 0 aliphatic heterocycles. The van der Waals surface area contributed by atoms with Crippen LogP contribution < -0.4 is 10.6 Å². The Morgan fingerprint density at radius 2 is 1.67 bits per heavy atom. The fourth-order valence-electron chi connectivity index (χ4n) is 1.86. The van der Waals surface area contributed by atoms with Crippen LogP contribution in [-0.2, 0) is 0 Å². The normalized spacial score (nSPS) is 10.5. The lowest BCUT2D eigenvalue weighted by Crippen LogP contribution is -2.28. The first kappa shape index (κ1) is 18.2. The van der Waals surface area contributed by atoms with Crippen LogP contribution in [0.1, 0.15) is 34.8 Å². The summed E-state index contributed by atoms with van der Waals surface area (Å²) >= 11 is 12.0. The summed E-state index contributed by atoms with van der Waals surface area (Å²) in [5.41, 5.74) is 0.675. The SMILES string of the molecule is CC(C)CNC(=O)c1cccc(C(=O)Nc2cccc(Cl)c2Cl)n1. The number of hydrogen-bond acceptors (Lipinski definition) is 3. The van der Waals surface area contributed by atoms with Crippen LogP contribution in [0.4, 0.5) is 5.69 Å². The molecule has 2 rings (SSSR count). The summed E-state index contributed by atoms with van der Waals surface area (Å²) in [6, 6.07) is 9.60. The smallest absolute Gasteiger partial charge is 0.274 e. The molecule has 0 saturated carbocycles. The van der Waals surface area contributed by atoms with E-state index in [1.807, 2.05) is 13.8 Å². The molecular formula is C17H17Cl2N3O2. The highest BCUT2D eigenvalue weighted by molar-refractivity contribution is 6.44. The number of hydrogen-bond donors (Lipinski definition) is 2. The minimum atomic E-state index is -0.474. The van der Waals surface area contributed by atoms with E-state index >= 15 is 0 Å². The maximum Gasteiger partial charge on any atom is 0.274 e. The predicted molar refractivity (Wildman–Crippen MR) is 95.8 cm³/mol. The second kappa shape index (κ2) is 8.13. The number of nitrogens with zero attached hydrogens (tertiary/aromatic N) is 1. The average Bonchev–Trinajstić information content (AvgIpc) is 2.56.